The van der Waals surface area contributed by atoms with Crippen LogP contribution >= 0.6 is 11.6 Å². The van der Waals surface area contributed by atoms with Crippen molar-refractivity contribution in [3.63, 3.8) is 0 Å². The highest BCUT2D eigenvalue weighted by molar-refractivity contribution is 6.35. The second-order valence-corrected chi connectivity index (χ2v) is 7.81. The third-order valence-corrected chi connectivity index (χ3v) is 6.09. The van der Waals surface area contributed by atoms with Crippen LogP contribution in [-0.4, -0.2) is 18.3 Å². The van der Waals surface area contributed by atoms with Gasteiger partial charge in [-0.3, -0.25) is 0 Å². The molecule has 4 heteroatoms. The monoisotopic (exact) mass is 396 g/mol. The summed E-state index contributed by atoms with van der Waals surface area (Å²) >= 11 is 6.68. The van der Waals surface area contributed by atoms with Crippen molar-refractivity contribution >= 4 is 22.5 Å². The van der Waals surface area contributed by atoms with E-state index in [1.54, 1.807) is 7.11 Å². The molecule has 0 saturated heterocycles. The molecule has 0 N–H and O–H groups in total. The number of halogens is 1. The molecule has 4 rings (SSSR count). The number of methoxy groups -OCH3 is 1. The second kappa shape index (κ2) is 8.59. The SMILES string of the molecule is [CH2]CC1CCCc2c1c1c(OC)ccc(Cl)c1n2CCOCc1ccccc1. The zero-order valence-corrected chi connectivity index (χ0v) is 17.2. The van der Waals surface area contributed by atoms with Crippen LogP contribution in [0.15, 0.2) is 42.5 Å². The van der Waals surface area contributed by atoms with Crippen LogP contribution in [0.1, 0.15) is 42.0 Å². The van der Waals surface area contributed by atoms with Gasteiger partial charge in [0.25, 0.3) is 0 Å². The molecular weight excluding hydrogens is 370 g/mol. The molecule has 1 atom stereocenters. The molecule has 1 aromatic heterocycles. The zero-order valence-electron chi connectivity index (χ0n) is 16.4. The largest absolute Gasteiger partial charge is 0.496 e. The molecular formula is C24H27ClNO2. The Kier molecular flexibility index (Phi) is 5.93. The molecule has 1 heterocycles. The highest BCUT2D eigenvalue weighted by Gasteiger charge is 2.29. The summed E-state index contributed by atoms with van der Waals surface area (Å²) in [5.74, 6) is 1.37. The van der Waals surface area contributed by atoms with E-state index >= 15 is 0 Å². The van der Waals surface area contributed by atoms with Crippen LogP contribution in [0.5, 0.6) is 5.75 Å². The average molecular weight is 397 g/mol. The Morgan fingerprint density at radius 3 is 2.75 bits per heavy atom. The van der Waals surface area contributed by atoms with E-state index in [1.807, 2.05) is 30.3 Å². The molecule has 0 aliphatic heterocycles. The topological polar surface area (TPSA) is 23.4 Å². The first kappa shape index (κ1) is 19.4. The lowest BCUT2D eigenvalue weighted by molar-refractivity contribution is 0.113. The van der Waals surface area contributed by atoms with Crippen molar-refractivity contribution in [2.24, 2.45) is 0 Å². The molecule has 0 fully saturated rings. The molecule has 0 amide bonds. The van der Waals surface area contributed by atoms with Crippen LogP contribution in [0.4, 0.5) is 0 Å². The van der Waals surface area contributed by atoms with Crippen LogP contribution in [0.3, 0.4) is 0 Å². The van der Waals surface area contributed by atoms with E-state index in [4.69, 9.17) is 21.1 Å². The Bertz CT molecular complexity index is 948. The molecule has 3 aromatic rings. The number of ether oxygens (including phenoxy) is 2. The van der Waals surface area contributed by atoms with Gasteiger partial charge in [0.15, 0.2) is 0 Å². The van der Waals surface area contributed by atoms with Crippen molar-refractivity contribution in [3.05, 3.63) is 71.2 Å². The van der Waals surface area contributed by atoms with E-state index < -0.39 is 0 Å². The van der Waals surface area contributed by atoms with Gasteiger partial charge in [-0.05, 0) is 54.9 Å². The predicted octanol–water partition coefficient (Wildman–Crippen LogP) is 6.16. The summed E-state index contributed by atoms with van der Waals surface area (Å²) in [6.45, 7) is 6.26. The molecule has 0 bridgehead atoms. The Morgan fingerprint density at radius 2 is 2.00 bits per heavy atom. The van der Waals surface area contributed by atoms with E-state index in [2.05, 4.69) is 23.6 Å². The van der Waals surface area contributed by atoms with Gasteiger partial charge in [0.05, 0.1) is 30.9 Å². The van der Waals surface area contributed by atoms with Crippen molar-refractivity contribution in [1.82, 2.24) is 4.57 Å². The lowest BCUT2D eigenvalue weighted by Gasteiger charge is -2.23. The maximum Gasteiger partial charge on any atom is 0.128 e. The van der Waals surface area contributed by atoms with Crippen molar-refractivity contribution in [1.29, 1.82) is 0 Å². The molecule has 1 aliphatic rings. The average Bonchev–Trinajstić information content (AvgIpc) is 3.08. The Hall–Kier alpha value is -1.97. The fourth-order valence-electron chi connectivity index (χ4n) is 4.49. The minimum Gasteiger partial charge on any atom is -0.496 e. The molecule has 2 aromatic carbocycles. The quantitative estimate of drug-likeness (QED) is 0.446. The van der Waals surface area contributed by atoms with Gasteiger partial charge in [-0.25, -0.2) is 0 Å². The first-order valence-corrected chi connectivity index (χ1v) is 10.4. The second-order valence-electron chi connectivity index (χ2n) is 7.40. The fourth-order valence-corrected chi connectivity index (χ4v) is 4.75. The molecule has 1 radical (unpaired) electrons. The van der Waals surface area contributed by atoms with Crippen molar-refractivity contribution in [2.45, 2.75) is 44.8 Å². The zero-order chi connectivity index (χ0) is 19.5. The van der Waals surface area contributed by atoms with Gasteiger partial charge in [0, 0.05) is 17.6 Å². The first-order valence-electron chi connectivity index (χ1n) is 10.0. The lowest BCUT2D eigenvalue weighted by atomic mass is 9.83. The van der Waals surface area contributed by atoms with Crippen LogP contribution < -0.4 is 4.74 Å². The van der Waals surface area contributed by atoms with Crippen molar-refractivity contribution < 1.29 is 9.47 Å². The van der Waals surface area contributed by atoms with Gasteiger partial charge in [0.1, 0.15) is 5.75 Å². The smallest absolute Gasteiger partial charge is 0.128 e. The van der Waals surface area contributed by atoms with Crippen LogP contribution in [0.2, 0.25) is 5.02 Å². The number of hydrogen-bond acceptors (Lipinski definition) is 2. The number of benzene rings is 2. The molecule has 3 nitrogen and oxygen atoms in total. The maximum absolute atomic E-state index is 6.68. The van der Waals surface area contributed by atoms with Gasteiger partial charge in [-0.2, -0.15) is 0 Å². The van der Waals surface area contributed by atoms with Crippen molar-refractivity contribution in [2.75, 3.05) is 13.7 Å². The standard InChI is InChI=1S/C24H27ClNO2/c1-3-18-10-7-11-20-22(18)23-21(27-2)13-12-19(25)24(23)26(20)14-15-28-16-17-8-5-4-6-9-17/h4-6,8-9,12-13,18H,1,3,7,10-11,14-16H2,2H3. The van der Waals surface area contributed by atoms with E-state index in [0.717, 1.165) is 35.7 Å². The van der Waals surface area contributed by atoms with Gasteiger partial charge < -0.3 is 14.0 Å². The summed E-state index contributed by atoms with van der Waals surface area (Å²) < 4.78 is 14.1. The van der Waals surface area contributed by atoms with Gasteiger partial charge in [0.2, 0.25) is 0 Å². The van der Waals surface area contributed by atoms with E-state index in [-0.39, 0.29) is 0 Å². The summed E-state index contributed by atoms with van der Waals surface area (Å²) in [6, 6.07) is 14.2. The van der Waals surface area contributed by atoms with Gasteiger partial charge >= 0.3 is 0 Å². The van der Waals surface area contributed by atoms with E-state index in [9.17, 15) is 0 Å². The Balaban J connectivity index is 1.67. The normalized spacial score (nSPS) is 16.3. The molecule has 1 aliphatic carbocycles. The van der Waals surface area contributed by atoms with Crippen molar-refractivity contribution in [3.8, 4) is 5.75 Å². The maximum atomic E-state index is 6.68. The lowest BCUT2D eigenvalue weighted by Crippen LogP contribution is -2.14. The number of hydrogen-bond donors (Lipinski definition) is 0. The molecule has 28 heavy (non-hydrogen) atoms. The highest BCUT2D eigenvalue weighted by atomic mass is 35.5. The molecule has 1 unspecified atom stereocenters. The predicted molar refractivity (Wildman–Crippen MR) is 115 cm³/mol. The third kappa shape index (κ3) is 3.54. The summed E-state index contributed by atoms with van der Waals surface area (Å²) in [5, 5.41) is 1.94. The number of fused-ring (bicyclic) bond motifs is 3. The first-order chi connectivity index (χ1) is 13.7. The molecule has 0 saturated carbocycles. The van der Waals surface area contributed by atoms with Crippen LogP contribution in [0.25, 0.3) is 10.9 Å². The number of aromatic nitrogens is 1. The van der Waals surface area contributed by atoms with Crippen LogP contribution in [0, 0.1) is 6.92 Å². The van der Waals surface area contributed by atoms with Gasteiger partial charge in [-0.15, -0.1) is 0 Å². The molecule has 0 spiro atoms. The highest BCUT2D eigenvalue weighted by Crippen LogP contribution is 2.46. The van der Waals surface area contributed by atoms with E-state index in [1.165, 1.54) is 35.0 Å². The Labute approximate surface area is 172 Å². The fraction of sp³-hybridized carbons (Fsp3) is 0.375. The summed E-state index contributed by atoms with van der Waals surface area (Å²) in [5.41, 5.74) is 5.04. The summed E-state index contributed by atoms with van der Waals surface area (Å²) in [6.07, 6.45) is 4.33. The summed E-state index contributed by atoms with van der Waals surface area (Å²) in [4.78, 5) is 0. The summed E-state index contributed by atoms with van der Waals surface area (Å²) in [7, 11) is 1.73. The minimum absolute atomic E-state index is 0.463. The number of nitrogens with zero attached hydrogens (tertiary/aromatic N) is 1. The van der Waals surface area contributed by atoms with Crippen LogP contribution in [-0.2, 0) is 24.3 Å². The Morgan fingerprint density at radius 1 is 1.18 bits per heavy atom. The number of rotatable bonds is 7. The third-order valence-electron chi connectivity index (χ3n) is 5.78. The van der Waals surface area contributed by atoms with E-state index in [0.29, 0.717) is 19.1 Å². The molecule has 147 valence electrons. The van der Waals surface area contributed by atoms with Gasteiger partial charge in [-0.1, -0.05) is 48.9 Å². The minimum atomic E-state index is 0.463.